The number of para-hydroxylation sites is 1. The van der Waals surface area contributed by atoms with Gasteiger partial charge in [-0.2, -0.15) is 5.10 Å². The molecule has 0 amide bonds. The molecule has 0 radical (unpaired) electrons. The smallest absolute Gasteiger partial charge is 0.166 e. The van der Waals surface area contributed by atoms with Crippen molar-refractivity contribution in [2.24, 2.45) is 0 Å². The third kappa shape index (κ3) is 2.80. The van der Waals surface area contributed by atoms with Crippen molar-refractivity contribution >= 4 is 17.2 Å². The topological polar surface area (TPSA) is 63.5 Å². The number of anilines is 1. The molecule has 2 bridgehead atoms. The largest absolute Gasteiger partial charge is 0.491 e. The van der Waals surface area contributed by atoms with Gasteiger partial charge in [0, 0.05) is 29.6 Å². The number of aryl methyl sites for hydroxylation is 1. The van der Waals surface area contributed by atoms with Gasteiger partial charge in [0.2, 0.25) is 0 Å². The Labute approximate surface area is 146 Å². The van der Waals surface area contributed by atoms with E-state index in [1.807, 2.05) is 31.3 Å². The third-order valence-corrected chi connectivity index (χ3v) is 4.44. The Kier molecular flexibility index (Phi) is 3.80. The normalized spacial score (nSPS) is 17.5. The lowest BCUT2D eigenvalue weighted by Gasteiger charge is -2.19. The lowest BCUT2D eigenvalue weighted by atomic mass is 10.1. The molecule has 3 aromatic rings. The van der Waals surface area contributed by atoms with Gasteiger partial charge in [-0.1, -0.05) is 24.8 Å². The van der Waals surface area contributed by atoms with Gasteiger partial charge in [0.25, 0.3) is 0 Å². The minimum Gasteiger partial charge on any atom is -0.491 e. The Hall–Kier alpha value is -3.02. The Morgan fingerprint density at radius 1 is 1.32 bits per heavy atom. The fourth-order valence-electron chi connectivity index (χ4n) is 3.07. The zero-order chi connectivity index (χ0) is 17.4. The Bertz CT molecular complexity index is 946. The molecule has 0 aliphatic carbocycles. The van der Waals surface area contributed by atoms with E-state index < -0.39 is 0 Å². The predicted molar refractivity (Wildman–Crippen MR) is 98.7 cm³/mol. The van der Waals surface area contributed by atoms with Crippen molar-refractivity contribution in [1.82, 2.24) is 19.9 Å². The summed E-state index contributed by atoms with van der Waals surface area (Å²) in [5.41, 5.74) is 4.61. The quantitative estimate of drug-likeness (QED) is 0.661. The zero-order valence-electron chi connectivity index (χ0n) is 14.4. The number of rotatable bonds is 0. The van der Waals surface area contributed by atoms with Crippen LogP contribution >= 0.6 is 0 Å². The first-order valence-corrected chi connectivity index (χ1v) is 8.40. The second-order valence-electron chi connectivity index (χ2n) is 6.26. The number of fused-ring (bicyclic) bond motifs is 2. The number of nitrogens with one attached hydrogen (secondary N) is 2. The van der Waals surface area contributed by atoms with Crippen LogP contribution in [0.15, 0.2) is 43.2 Å². The molecule has 0 saturated carbocycles. The number of ether oxygens (including phenoxy) is 1. The summed E-state index contributed by atoms with van der Waals surface area (Å²) in [6, 6.07) is 8.16. The zero-order valence-corrected chi connectivity index (χ0v) is 14.4. The van der Waals surface area contributed by atoms with Gasteiger partial charge in [0.1, 0.15) is 18.2 Å². The number of benzene rings is 1. The second-order valence-corrected chi connectivity index (χ2v) is 6.26. The van der Waals surface area contributed by atoms with Crippen LogP contribution in [0.25, 0.3) is 11.3 Å². The van der Waals surface area contributed by atoms with E-state index in [0.29, 0.717) is 13.2 Å². The average Bonchev–Trinajstić information content (AvgIpc) is 3.01. The van der Waals surface area contributed by atoms with Crippen LogP contribution in [0, 0.1) is 6.92 Å². The maximum absolute atomic E-state index is 5.98. The lowest BCUT2D eigenvalue weighted by molar-refractivity contribution is 0.317. The van der Waals surface area contributed by atoms with Crippen LogP contribution in [-0.2, 0) is 0 Å². The highest BCUT2D eigenvalue weighted by atomic mass is 16.5. The van der Waals surface area contributed by atoms with Crippen molar-refractivity contribution in [2.75, 3.05) is 18.5 Å². The number of nitrogens with zero attached hydrogens (tertiary/aromatic N) is 3. The maximum atomic E-state index is 5.98. The van der Waals surface area contributed by atoms with Crippen molar-refractivity contribution in [3.05, 3.63) is 59.9 Å². The summed E-state index contributed by atoms with van der Waals surface area (Å²) in [4.78, 5) is 4.80. The van der Waals surface area contributed by atoms with Gasteiger partial charge in [0.05, 0.1) is 17.8 Å². The second kappa shape index (κ2) is 6.12. The summed E-state index contributed by atoms with van der Waals surface area (Å²) >= 11 is 0. The van der Waals surface area contributed by atoms with E-state index in [4.69, 9.17) is 9.72 Å². The van der Waals surface area contributed by atoms with Gasteiger partial charge in [-0.25, -0.2) is 9.50 Å². The molecule has 1 atom stereocenters. The fourth-order valence-corrected chi connectivity index (χ4v) is 3.07. The summed E-state index contributed by atoms with van der Waals surface area (Å²) in [7, 11) is 0. The summed E-state index contributed by atoms with van der Waals surface area (Å²) < 4.78 is 7.77. The predicted octanol–water partition coefficient (Wildman–Crippen LogP) is 3.16. The van der Waals surface area contributed by atoms with Gasteiger partial charge in [-0.15, -0.1) is 0 Å². The molecule has 2 aromatic heterocycles. The van der Waals surface area contributed by atoms with Crippen molar-refractivity contribution in [3.63, 3.8) is 0 Å². The fraction of sp³-hybridized carbons (Fsp3) is 0.263. The van der Waals surface area contributed by atoms with E-state index in [-0.39, 0.29) is 6.04 Å². The van der Waals surface area contributed by atoms with Gasteiger partial charge in [0.15, 0.2) is 5.65 Å². The summed E-state index contributed by atoms with van der Waals surface area (Å²) in [6.07, 6.45) is 3.77. The maximum Gasteiger partial charge on any atom is 0.166 e. The molecule has 1 aliphatic rings. The molecule has 6 nitrogen and oxygen atoms in total. The van der Waals surface area contributed by atoms with Crippen LogP contribution in [0.2, 0.25) is 0 Å². The van der Waals surface area contributed by atoms with Crippen molar-refractivity contribution < 1.29 is 4.74 Å². The highest BCUT2D eigenvalue weighted by Crippen LogP contribution is 2.29. The van der Waals surface area contributed by atoms with E-state index in [0.717, 1.165) is 39.6 Å². The van der Waals surface area contributed by atoms with Crippen LogP contribution < -0.4 is 15.4 Å². The van der Waals surface area contributed by atoms with Gasteiger partial charge in [-0.05, 0) is 19.9 Å². The van der Waals surface area contributed by atoms with E-state index in [9.17, 15) is 0 Å². The number of hydrogen-bond acceptors (Lipinski definition) is 5. The Morgan fingerprint density at radius 3 is 3.04 bits per heavy atom. The van der Waals surface area contributed by atoms with E-state index in [2.05, 4.69) is 35.3 Å². The average molecular weight is 335 g/mol. The van der Waals surface area contributed by atoms with Crippen LogP contribution in [-0.4, -0.2) is 27.7 Å². The number of hydrogen-bond donors (Lipinski definition) is 2. The Balaban J connectivity index is 1.83. The molecule has 0 spiro atoms. The van der Waals surface area contributed by atoms with Gasteiger partial charge >= 0.3 is 0 Å². The minimum atomic E-state index is 0.0631. The molecule has 1 aliphatic heterocycles. The van der Waals surface area contributed by atoms with Crippen LogP contribution in [0.4, 0.5) is 5.82 Å². The molecule has 4 rings (SSSR count). The molecule has 1 aromatic carbocycles. The molecule has 0 saturated heterocycles. The SMILES string of the molecule is C=C1NCCOc2ccccc2[C@@H](C)Nc2nc3c1cnn3cc2C. The monoisotopic (exact) mass is 335 g/mol. The van der Waals surface area contributed by atoms with Gasteiger partial charge < -0.3 is 15.4 Å². The number of aromatic nitrogens is 3. The molecule has 25 heavy (non-hydrogen) atoms. The van der Waals surface area contributed by atoms with Crippen LogP contribution in [0.5, 0.6) is 5.75 Å². The van der Waals surface area contributed by atoms with E-state index >= 15 is 0 Å². The van der Waals surface area contributed by atoms with Crippen molar-refractivity contribution in [2.45, 2.75) is 19.9 Å². The molecule has 3 heterocycles. The van der Waals surface area contributed by atoms with Crippen molar-refractivity contribution in [1.29, 1.82) is 0 Å². The lowest BCUT2D eigenvalue weighted by Crippen LogP contribution is -2.19. The third-order valence-electron chi connectivity index (χ3n) is 4.44. The van der Waals surface area contributed by atoms with Crippen LogP contribution in [0.3, 0.4) is 0 Å². The first kappa shape index (κ1) is 15.5. The molecule has 0 unspecified atom stereocenters. The molecule has 2 N–H and O–H groups in total. The Morgan fingerprint density at radius 2 is 2.16 bits per heavy atom. The van der Waals surface area contributed by atoms with Crippen molar-refractivity contribution in [3.8, 4) is 5.75 Å². The first-order chi connectivity index (χ1) is 12.1. The summed E-state index contributed by atoms with van der Waals surface area (Å²) in [5, 5.41) is 11.2. The molecule has 128 valence electrons. The molecular formula is C19H21N5O. The van der Waals surface area contributed by atoms with Gasteiger partial charge in [-0.3, -0.25) is 0 Å². The first-order valence-electron chi connectivity index (χ1n) is 8.40. The highest BCUT2D eigenvalue weighted by molar-refractivity contribution is 5.74. The minimum absolute atomic E-state index is 0.0631. The molecular weight excluding hydrogens is 314 g/mol. The van der Waals surface area contributed by atoms with E-state index in [1.165, 1.54) is 0 Å². The van der Waals surface area contributed by atoms with Crippen LogP contribution in [0.1, 0.15) is 29.7 Å². The standard InChI is InChI=1S/C19H21N5O/c1-12-11-24-19-16(10-21-24)13(2)20-8-9-25-17-7-5-4-6-15(17)14(3)22-18(12)23-19/h4-7,10-11,14,20H,2,8-9H2,1,3H3,(H,22,23)/t14-/m1/s1. The molecule has 6 heteroatoms. The summed E-state index contributed by atoms with van der Waals surface area (Å²) in [5.74, 6) is 1.72. The van der Waals surface area contributed by atoms with E-state index in [1.54, 1.807) is 10.7 Å². The highest BCUT2D eigenvalue weighted by Gasteiger charge is 2.17. The molecule has 0 fully saturated rings. The summed E-state index contributed by atoms with van der Waals surface area (Å²) in [6.45, 7) is 9.46.